The number of rotatable bonds is 29. The minimum Gasteiger partial charge on any atom is -0.444 e. The fraction of sp³-hybridized carbons (Fsp3) is 0.241. The molecule has 5 aromatic carbocycles. The zero-order valence-electron chi connectivity index (χ0n) is 64.8. The monoisotopic (exact) mass is 1500 g/mol. The van der Waals surface area contributed by atoms with Gasteiger partial charge in [-0.25, -0.2) is 9.59 Å². The molecule has 0 fully saturated rings. The maximum absolute atomic E-state index is 13.5. The summed E-state index contributed by atoms with van der Waals surface area (Å²) in [5, 5.41) is 19.7. The molecule has 113 heavy (non-hydrogen) atoms. The van der Waals surface area contributed by atoms with Gasteiger partial charge in [-0.05, 0) is 196 Å². The first kappa shape index (κ1) is 96.6. The average molecular weight is 1490 g/mol. The minimum atomic E-state index is -0.902. The molecule has 0 unspecified atom stereocenters. The topological polar surface area (TPSA) is 219 Å². The van der Waals surface area contributed by atoms with Crippen LogP contribution in [0, 0.1) is 0 Å². The van der Waals surface area contributed by atoms with Crippen LogP contribution in [0.1, 0.15) is 70.1 Å². The number of benzene rings is 5. The summed E-state index contributed by atoms with van der Waals surface area (Å²) in [4.78, 5) is 91.7. The van der Waals surface area contributed by atoms with Crippen molar-refractivity contribution in [2.45, 2.75) is 104 Å². The van der Waals surface area contributed by atoms with Crippen LogP contribution >= 0.6 is 11.6 Å². The molecule has 17 nitrogen and oxygen atoms in total. The van der Waals surface area contributed by atoms with Gasteiger partial charge in [0, 0.05) is 144 Å². The number of anilines is 2. The predicted molar refractivity (Wildman–Crippen MR) is 473 cm³/mol. The molecule has 0 aliphatic rings. The van der Waals surface area contributed by atoms with Crippen molar-refractivity contribution in [3.05, 3.63) is 300 Å². The van der Waals surface area contributed by atoms with E-state index in [4.69, 9.17) is 88.0 Å². The first-order chi connectivity index (χ1) is 54.0. The molecule has 7 aromatic rings. The molecule has 3 amide bonds. The van der Waals surface area contributed by atoms with E-state index in [1.54, 1.807) is 64.8 Å². The molecule has 5 N–H and O–H groups in total. The number of carbonyl (C=O) groups excluding carboxylic acids is 5. The fourth-order valence-electron chi connectivity index (χ4n) is 10.3. The smallest absolute Gasteiger partial charge is 0.412 e. The van der Waals surface area contributed by atoms with Gasteiger partial charge in [0.25, 0.3) is 11.1 Å². The molecule has 7 rings (SSSR count). The maximum atomic E-state index is 13.5. The molecule has 0 bridgehead atoms. The van der Waals surface area contributed by atoms with E-state index in [-0.39, 0.29) is 42.6 Å². The van der Waals surface area contributed by atoms with Crippen LogP contribution < -0.4 is 32.3 Å². The summed E-state index contributed by atoms with van der Waals surface area (Å²) in [6.07, 6.45) is -1.65. The molecule has 34 heteroatoms. The lowest BCUT2D eigenvalue weighted by atomic mass is 8.46. The van der Waals surface area contributed by atoms with E-state index in [1.165, 1.54) is 40.3 Å². The largest absolute Gasteiger partial charge is 0.444 e. The van der Waals surface area contributed by atoms with Crippen molar-refractivity contribution in [1.82, 2.24) is 24.6 Å². The number of hydrogen-bond donors (Lipinski definition) is 5. The normalized spacial score (nSPS) is 9.81. The third-order valence-corrected chi connectivity index (χ3v) is 16.3. The molecule has 545 valence electrons. The summed E-state index contributed by atoms with van der Waals surface area (Å²) in [5.74, 6) is -0.712. The summed E-state index contributed by atoms with van der Waals surface area (Å²) < 4.78 is 13.3. The Kier molecular flexibility index (Phi) is 46.3. The fourth-order valence-corrected chi connectivity index (χ4v) is 10.5. The standard InChI is InChI=1S/C31H37N3O5.C30H27ClN2O4.C15H4.C3H11BN2O.B15/c1-22(33(5)30(38)39-31(2,3)4)28(36)32-26-19-20-27(24-16-10-7-11-17-24)34(29(26)37)21-25(35)18-12-15-23-13-8-6-9-14-23;31-26-17-8-7-16-25(26)28-19-18-27(32-30(36)37-21-23-12-5-2-6-13-23)29(35)33(28)20-24(34)15-9-14-22-10-3-1-4-11-22;1-3-5-7-9-11-13-15-14-12-10-8-6-4-2;1-4(7)6-3-5-2;1-9-13(8)15(12(6)7)14(10(2)3)11(4)5/h6-11,13-14,16-17,19-20,22H,12,15,18,21H2,1-5H3,(H,32,36);1-8,10-13,16-19H,9,14-15,20-21H2,(H,32,36);1-2H2;5-7H,3H2,1-2H3;/t22-;;;;/m0..../s1. The lowest BCUT2D eigenvalue weighted by Gasteiger charge is -2.35. The van der Waals surface area contributed by atoms with E-state index in [0.29, 0.717) is 54.3 Å². The minimum absolute atomic E-state index is 0.0194. The van der Waals surface area contributed by atoms with E-state index in [0.717, 1.165) is 35.1 Å². The molecule has 0 saturated heterocycles. The Labute approximate surface area is 683 Å². The quantitative estimate of drug-likeness (QED) is 0.0173. The van der Waals surface area contributed by atoms with E-state index in [9.17, 15) is 33.6 Å². The van der Waals surface area contributed by atoms with Crippen molar-refractivity contribution in [3.63, 3.8) is 0 Å². The van der Waals surface area contributed by atoms with E-state index < -0.39 is 86.2 Å². The molecule has 0 saturated carbocycles. The number of amides is 3. The number of likely N-dealkylation sites (N-methyl/N-ethyl adjacent to an activating group) is 1. The second-order valence-corrected chi connectivity index (χ2v) is 26.3. The first-order valence-electron chi connectivity index (χ1n) is 35.8. The molecule has 17 radical (unpaired) electrons. The number of Topliss-reactive ketones (excluding diaryl/α,β-unsaturated/α-hetero) is 2. The van der Waals surface area contributed by atoms with Crippen LogP contribution in [-0.4, -0.2) is 195 Å². The van der Waals surface area contributed by atoms with Gasteiger partial charge in [0.1, 0.15) is 29.6 Å². The lowest BCUT2D eigenvalue weighted by molar-refractivity contribution is -0.120. The van der Waals surface area contributed by atoms with Crippen molar-refractivity contribution < 1.29 is 38.5 Å². The van der Waals surface area contributed by atoms with Crippen LogP contribution in [0.5, 0.6) is 0 Å². The van der Waals surface area contributed by atoms with Crippen molar-refractivity contribution in [2.75, 3.05) is 31.4 Å². The number of nitrogens with zero attached hydrogens (tertiary/aromatic N) is 3. The predicted octanol–water partition coefficient (Wildman–Crippen LogP) is 7.78. The number of halogens is 1. The van der Waals surface area contributed by atoms with Gasteiger partial charge in [-0.3, -0.25) is 43.3 Å². The number of pyridine rings is 2. The second-order valence-electron chi connectivity index (χ2n) is 25.9. The number of ketones is 2. The molecular formula is C79H79B16ClN7O10. The van der Waals surface area contributed by atoms with Crippen LogP contribution in [0.15, 0.2) is 267 Å². The third kappa shape index (κ3) is 38.0. The van der Waals surface area contributed by atoms with Crippen molar-refractivity contribution in [2.24, 2.45) is 0 Å². The lowest BCUT2D eigenvalue weighted by Crippen LogP contribution is -2.73. The van der Waals surface area contributed by atoms with Crippen LogP contribution in [0.2, 0.25) is 11.8 Å². The Bertz CT molecular complexity index is 4820. The molecule has 2 aromatic heterocycles. The first-order valence-corrected chi connectivity index (χ1v) is 36.2. The van der Waals surface area contributed by atoms with Gasteiger partial charge in [-0.2, -0.15) is 0 Å². The Morgan fingerprint density at radius 2 is 0.991 bits per heavy atom. The van der Waals surface area contributed by atoms with Crippen LogP contribution in [0.25, 0.3) is 22.5 Å². The summed E-state index contributed by atoms with van der Waals surface area (Å²) in [6.45, 7) is 15.5. The van der Waals surface area contributed by atoms with Gasteiger partial charge in [0.15, 0.2) is 11.6 Å². The molecule has 0 spiro atoms. The highest BCUT2D eigenvalue weighted by molar-refractivity contribution is 8.12. The zero-order chi connectivity index (χ0) is 83.7. The summed E-state index contributed by atoms with van der Waals surface area (Å²) in [6, 6.07) is 51.0. The van der Waals surface area contributed by atoms with Gasteiger partial charge < -0.3 is 30.4 Å². The molecule has 2 heterocycles. The highest BCUT2D eigenvalue weighted by Crippen LogP contribution is 2.28. The Balaban J connectivity index is 0.000000409. The van der Waals surface area contributed by atoms with Gasteiger partial charge >= 0.3 is 19.2 Å². The third-order valence-electron chi connectivity index (χ3n) is 15.9. The van der Waals surface area contributed by atoms with Gasteiger partial charge in [-0.15, -0.1) is 0 Å². The van der Waals surface area contributed by atoms with Crippen molar-refractivity contribution >= 4 is 167 Å². The van der Waals surface area contributed by atoms with Gasteiger partial charge in [-0.1, -0.05) is 163 Å². The number of hydrogen-bond acceptors (Lipinski definition) is 12. The summed E-state index contributed by atoms with van der Waals surface area (Å²) in [5.41, 5.74) is 35.9. The Morgan fingerprint density at radius 3 is 1.40 bits per heavy atom. The maximum Gasteiger partial charge on any atom is 0.412 e. The zero-order valence-corrected chi connectivity index (χ0v) is 65.6. The summed E-state index contributed by atoms with van der Waals surface area (Å²) in [7, 11) is 48.6. The number of ether oxygens (including phenoxy) is 2. The van der Waals surface area contributed by atoms with E-state index in [1.807, 2.05) is 134 Å². The average Bonchev–Trinajstić information content (AvgIpc) is 0.797. The van der Waals surface area contributed by atoms with Crippen LogP contribution in [0.4, 0.5) is 21.0 Å². The van der Waals surface area contributed by atoms with Crippen LogP contribution in [-0.2, 0) is 56.4 Å². The number of carbonyl (C=O) groups is 5. The van der Waals surface area contributed by atoms with Gasteiger partial charge in [0.05, 0.1) is 24.5 Å². The molecule has 0 aliphatic carbocycles. The number of nitrogens with one attached hydrogen (secondary N) is 4. The summed E-state index contributed by atoms with van der Waals surface area (Å²) >= 11 is 6.40. The second kappa shape index (κ2) is 54.2. The number of aromatic nitrogens is 2. The van der Waals surface area contributed by atoms with E-state index in [2.05, 4.69) is 109 Å². The van der Waals surface area contributed by atoms with Crippen molar-refractivity contribution in [1.29, 1.82) is 0 Å². The SMILES string of the molecule is C=C=C=C=C=C=C=C=C=C=C=C=C=C=C.CNCNB(C)O.C[C@@H](C(=O)Nc1ccc(-c2ccccc2)n(CC(=O)CCCc2ccccc2)c1=O)N(C)C(=O)OC(C)(C)C.O=C(CCCc1ccccc1)Cn1c(-c2ccccc2Cl)ccc(NC(=O)OCc2ccccc2)c1=O.[B][B]B([B])B(B([B])[B])B(B([B])[B])B([B])[B]. The Hall–Kier alpha value is -10.6. The van der Waals surface area contributed by atoms with Gasteiger partial charge in [0.2, 0.25) is 5.91 Å². The highest BCUT2D eigenvalue weighted by Gasteiger charge is 2.37. The highest BCUT2D eigenvalue weighted by atomic mass is 35.5. The van der Waals surface area contributed by atoms with Crippen LogP contribution in [0.3, 0.4) is 0 Å². The Morgan fingerprint density at radius 1 is 0.584 bits per heavy atom. The molecule has 0 aliphatic heterocycles. The van der Waals surface area contributed by atoms with Crippen molar-refractivity contribution in [3.8, 4) is 22.5 Å². The van der Waals surface area contributed by atoms with E-state index >= 15 is 0 Å². The number of aryl methyl sites for hydroxylation is 2. The molecule has 1 atom stereocenters. The molecular weight excluding hydrogens is 1420 g/mol.